The van der Waals surface area contributed by atoms with Crippen molar-refractivity contribution in [3.8, 4) is 11.6 Å². The Bertz CT molecular complexity index is 600. The van der Waals surface area contributed by atoms with Crippen LogP contribution in [0.4, 0.5) is 13.2 Å². The molecular weight excluding hydrogens is 255 g/mol. The number of carbonyl (C=O) groups is 1. The van der Waals surface area contributed by atoms with Gasteiger partial charge >= 0.3 is 12.1 Å². The minimum atomic E-state index is -4.89. The molecule has 0 bridgehead atoms. The van der Waals surface area contributed by atoms with Crippen LogP contribution in [0.2, 0.25) is 0 Å². The summed E-state index contributed by atoms with van der Waals surface area (Å²) in [5.41, 5.74) is -1.42. The minimum Gasteiger partial charge on any atom is -0.475 e. The van der Waals surface area contributed by atoms with E-state index in [1.807, 2.05) is 0 Å². The summed E-state index contributed by atoms with van der Waals surface area (Å²) in [7, 11) is 1.51. The number of carboxylic acids is 1. The molecule has 0 amide bonds. The van der Waals surface area contributed by atoms with E-state index in [0.717, 1.165) is 0 Å². The number of halogens is 3. The van der Waals surface area contributed by atoms with Gasteiger partial charge in [-0.25, -0.2) is 14.8 Å². The third kappa shape index (κ3) is 1.94. The summed E-state index contributed by atoms with van der Waals surface area (Å²) in [4.78, 5) is 17.5. The lowest BCUT2D eigenvalue weighted by Crippen LogP contribution is -2.11. The molecule has 0 atom stereocenters. The summed E-state index contributed by atoms with van der Waals surface area (Å²) in [5, 5.41) is 8.65. The summed E-state index contributed by atoms with van der Waals surface area (Å²) >= 11 is 0. The molecule has 2 rings (SSSR count). The quantitative estimate of drug-likeness (QED) is 0.891. The first-order valence-electron chi connectivity index (χ1n) is 4.58. The van der Waals surface area contributed by atoms with Crippen LogP contribution in [0.15, 0.2) is 16.9 Å². The van der Waals surface area contributed by atoms with Crippen molar-refractivity contribution in [3.05, 3.63) is 24.0 Å². The van der Waals surface area contributed by atoms with Crippen LogP contribution in [0.3, 0.4) is 0 Å². The molecule has 0 saturated heterocycles. The topological polar surface area (TPSA) is 81.2 Å². The van der Waals surface area contributed by atoms with Gasteiger partial charge in [0.25, 0.3) is 0 Å². The maximum absolute atomic E-state index is 12.6. The van der Waals surface area contributed by atoms with E-state index in [2.05, 4.69) is 14.4 Å². The minimum absolute atomic E-state index is 0.146. The molecule has 18 heavy (non-hydrogen) atoms. The number of alkyl halides is 3. The zero-order valence-corrected chi connectivity index (χ0v) is 8.89. The SMILES string of the molecule is Cn1cncc1-c1nc(C(F)(F)F)c(C(=O)O)o1. The van der Waals surface area contributed by atoms with Gasteiger partial charge in [-0.05, 0) is 0 Å². The highest BCUT2D eigenvalue weighted by Gasteiger charge is 2.41. The Balaban J connectivity index is 2.60. The Hall–Kier alpha value is -2.32. The normalized spacial score (nSPS) is 11.8. The highest BCUT2D eigenvalue weighted by atomic mass is 19.4. The first-order chi connectivity index (χ1) is 8.30. The van der Waals surface area contributed by atoms with Gasteiger partial charge in [-0.1, -0.05) is 0 Å². The molecule has 2 heterocycles. The monoisotopic (exact) mass is 261 g/mol. The average Bonchev–Trinajstić information content (AvgIpc) is 2.81. The van der Waals surface area contributed by atoms with Gasteiger partial charge in [0.15, 0.2) is 5.69 Å². The predicted molar refractivity (Wildman–Crippen MR) is 50.7 cm³/mol. The van der Waals surface area contributed by atoms with Crippen LogP contribution in [0.1, 0.15) is 16.2 Å². The van der Waals surface area contributed by atoms with Gasteiger partial charge in [0.1, 0.15) is 5.69 Å². The van der Waals surface area contributed by atoms with Gasteiger partial charge in [0.2, 0.25) is 11.7 Å². The number of nitrogens with zero attached hydrogens (tertiary/aromatic N) is 3. The molecule has 96 valence electrons. The molecule has 6 nitrogen and oxygen atoms in total. The standard InChI is InChI=1S/C9H6F3N3O3/c1-15-3-13-2-4(15)7-14-6(9(10,11)12)5(18-7)8(16)17/h2-3H,1H3,(H,16,17). The smallest absolute Gasteiger partial charge is 0.437 e. The molecule has 2 aromatic heterocycles. The van der Waals surface area contributed by atoms with Gasteiger partial charge < -0.3 is 14.1 Å². The summed E-state index contributed by atoms with van der Waals surface area (Å²) in [6.45, 7) is 0. The van der Waals surface area contributed by atoms with Crippen LogP contribution in [0, 0.1) is 0 Å². The van der Waals surface area contributed by atoms with Crippen molar-refractivity contribution in [1.29, 1.82) is 0 Å². The molecule has 0 spiro atoms. The molecule has 9 heteroatoms. The average molecular weight is 261 g/mol. The summed E-state index contributed by atoms with van der Waals surface area (Å²) in [5.74, 6) is -3.51. The number of imidazole rings is 1. The summed E-state index contributed by atoms with van der Waals surface area (Å²) < 4.78 is 43.7. The van der Waals surface area contributed by atoms with E-state index in [4.69, 9.17) is 5.11 Å². The van der Waals surface area contributed by atoms with Crippen LogP contribution >= 0.6 is 0 Å². The number of carboxylic acid groups (broad SMARTS) is 1. The molecule has 0 unspecified atom stereocenters. The van der Waals surface area contributed by atoms with E-state index in [-0.39, 0.29) is 5.69 Å². The maximum Gasteiger partial charge on any atom is 0.437 e. The molecule has 0 aliphatic heterocycles. The van der Waals surface area contributed by atoms with Gasteiger partial charge in [0.05, 0.1) is 12.5 Å². The molecule has 0 radical (unpaired) electrons. The molecule has 0 aliphatic carbocycles. The fraction of sp³-hybridized carbons (Fsp3) is 0.222. The number of aromatic nitrogens is 3. The largest absolute Gasteiger partial charge is 0.475 e. The highest BCUT2D eigenvalue weighted by Crippen LogP contribution is 2.34. The molecule has 1 N–H and O–H groups in total. The third-order valence-electron chi connectivity index (χ3n) is 2.13. The van der Waals surface area contributed by atoms with Crippen molar-refractivity contribution in [2.45, 2.75) is 6.18 Å². The van der Waals surface area contributed by atoms with Crippen LogP contribution in [0.5, 0.6) is 0 Å². The zero-order valence-electron chi connectivity index (χ0n) is 8.89. The van der Waals surface area contributed by atoms with Crippen molar-refractivity contribution in [1.82, 2.24) is 14.5 Å². The predicted octanol–water partition coefficient (Wildman–Crippen LogP) is 1.79. The summed E-state index contributed by atoms with van der Waals surface area (Å²) in [6, 6.07) is 0. The molecule has 0 fully saturated rings. The van der Waals surface area contributed by atoms with E-state index in [1.165, 1.54) is 24.1 Å². The van der Waals surface area contributed by atoms with Gasteiger partial charge in [0, 0.05) is 7.05 Å². The lowest BCUT2D eigenvalue weighted by atomic mass is 10.3. The first kappa shape index (κ1) is 12.1. The molecule has 2 aromatic rings. The van der Waals surface area contributed by atoms with Crippen molar-refractivity contribution in [2.24, 2.45) is 7.05 Å². The van der Waals surface area contributed by atoms with Crippen molar-refractivity contribution in [3.63, 3.8) is 0 Å². The summed E-state index contributed by atoms with van der Waals surface area (Å²) in [6.07, 6.45) is -2.35. The van der Waals surface area contributed by atoms with Crippen molar-refractivity contribution in [2.75, 3.05) is 0 Å². The third-order valence-corrected chi connectivity index (χ3v) is 2.13. The highest BCUT2D eigenvalue weighted by molar-refractivity contribution is 5.86. The van der Waals surface area contributed by atoms with Gasteiger partial charge in [-0.15, -0.1) is 0 Å². The van der Waals surface area contributed by atoms with Crippen LogP contribution < -0.4 is 0 Å². The molecule has 0 aromatic carbocycles. The van der Waals surface area contributed by atoms with Crippen LogP contribution in [-0.2, 0) is 13.2 Å². The number of aromatic carboxylic acids is 1. The zero-order chi connectivity index (χ0) is 13.5. The number of rotatable bonds is 2. The van der Waals surface area contributed by atoms with E-state index in [0.29, 0.717) is 0 Å². The van der Waals surface area contributed by atoms with Gasteiger partial charge in [-0.3, -0.25) is 0 Å². The fourth-order valence-electron chi connectivity index (χ4n) is 1.33. The number of hydrogen-bond acceptors (Lipinski definition) is 4. The maximum atomic E-state index is 12.6. The van der Waals surface area contributed by atoms with Gasteiger partial charge in [-0.2, -0.15) is 13.2 Å². The van der Waals surface area contributed by atoms with Crippen molar-refractivity contribution < 1.29 is 27.5 Å². The Morgan fingerprint density at radius 3 is 2.56 bits per heavy atom. The van der Waals surface area contributed by atoms with Crippen LogP contribution in [-0.4, -0.2) is 25.6 Å². The Morgan fingerprint density at radius 1 is 1.50 bits per heavy atom. The Labute approximate surface area is 97.7 Å². The lowest BCUT2D eigenvalue weighted by molar-refractivity contribution is -0.141. The number of aryl methyl sites for hydroxylation is 1. The number of hydrogen-bond donors (Lipinski definition) is 1. The molecule has 0 aliphatic rings. The second kappa shape index (κ2) is 3.86. The Morgan fingerprint density at radius 2 is 2.17 bits per heavy atom. The van der Waals surface area contributed by atoms with Crippen molar-refractivity contribution >= 4 is 5.97 Å². The second-order valence-corrected chi connectivity index (χ2v) is 3.39. The fourth-order valence-corrected chi connectivity index (χ4v) is 1.33. The second-order valence-electron chi connectivity index (χ2n) is 3.39. The lowest BCUT2D eigenvalue weighted by Gasteiger charge is -2.00. The molecular formula is C9H6F3N3O3. The first-order valence-corrected chi connectivity index (χ1v) is 4.58. The van der Waals surface area contributed by atoms with E-state index >= 15 is 0 Å². The molecule has 0 saturated carbocycles. The van der Waals surface area contributed by atoms with Crippen LogP contribution in [0.25, 0.3) is 11.6 Å². The Kier molecular flexibility index (Phi) is 2.60. The van der Waals surface area contributed by atoms with E-state index in [9.17, 15) is 18.0 Å². The van der Waals surface area contributed by atoms with E-state index in [1.54, 1.807) is 0 Å². The number of oxazole rings is 1. The van der Waals surface area contributed by atoms with E-state index < -0.39 is 29.5 Å².